The van der Waals surface area contributed by atoms with Crippen molar-refractivity contribution in [1.82, 2.24) is 5.32 Å². The molecule has 1 aliphatic rings. The molecule has 2 nitrogen and oxygen atoms in total. The van der Waals surface area contributed by atoms with Crippen LogP contribution in [-0.2, 0) is 5.41 Å². The molecule has 0 saturated carbocycles. The summed E-state index contributed by atoms with van der Waals surface area (Å²) in [5, 5.41) is 3.77. The third-order valence-corrected chi connectivity index (χ3v) is 4.81. The fourth-order valence-electron chi connectivity index (χ4n) is 3.35. The lowest BCUT2D eigenvalue weighted by Crippen LogP contribution is -2.29. The van der Waals surface area contributed by atoms with Crippen molar-refractivity contribution in [1.29, 1.82) is 0 Å². The highest BCUT2D eigenvalue weighted by Crippen LogP contribution is 2.40. The Labute approximate surface area is 130 Å². The van der Waals surface area contributed by atoms with Crippen molar-refractivity contribution in [2.24, 2.45) is 5.92 Å². The summed E-state index contributed by atoms with van der Waals surface area (Å²) >= 11 is 0. The summed E-state index contributed by atoms with van der Waals surface area (Å²) in [6, 6.07) is 7.27. The van der Waals surface area contributed by atoms with Crippen LogP contribution in [0.5, 0.6) is 5.75 Å². The molecule has 0 bridgehead atoms. The van der Waals surface area contributed by atoms with E-state index in [9.17, 15) is 0 Å². The second-order valence-corrected chi connectivity index (χ2v) is 6.94. The van der Waals surface area contributed by atoms with Crippen LogP contribution in [0.25, 0.3) is 0 Å². The van der Waals surface area contributed by atoms with Crippen LogP contribution in [0.1, 0.15) is 71.0 Å². The van der Waals surface area contributed by atoms with Gasteiger partial charge in [-0.15, -0.1) is 0 Å². The zero-order valence-corrected chi connectivity index (χ0v) is 14.3. The van der Waals surface area contributed by atoms with E-state index < -0.39 is 0 Å². The summed E-state index contributed by atoms with van der Waals surface area (Å²) in [6.07, 6.45) is 3.61. The lowest BCUT2D eigenvalue weighted by Gasteiger charge is -2.28. The molecule has 0 radical (unpaired) electrons. The highest BCUT2D eigenvalue weighted by molar-refractivity contribution is 5.46. The van der Waals surface area contributed by atoms with Gasteiger partial charge in [-0.05, 0) is 36.6 Å². The summed E-state index contributed by atoms with van der Waals surface area (Å²) in [7, 11) is 0. The molecule has 1 aromatic carbocycles. The van der Waals surface area contributed by atoms with E-state index in [-0.39, 0.29) is 5.41 Å². The maximum atomic E-state index is 5.82. The molecule has 0 spiro atoms. The van der Waals surface area contributed by atoms with Crippen LogP contribution in [0.2, 0.25) is 0 Å². The molecule has 1 heterocycles. The first-order valence-corrected chi connectivity index (χ1v) is 8.54. The van der Waals surface area contributed by atoms with Crippen LogP contribution in [0.3, 0.4) is 0 Å². The molecule has 0 amide bonds. The predicted molar refractivity (Wildman–Crippen MR) is 90.1 cm³/mol. The van der Waals surface area contributed by atoms with Crippen LogP contribution in [0.15, 0.2) is 18.2 Å². The molecule has 2 heteroatoms. The minimum absolute atomic E-state index is 0.134. The second-order valence-electron chi connectivity index (χ2n) is 6.94. The van der Waals surface area contributed by atoms with E-state index in [0.717, 1.165) is 18.9 Å². The van der Waals surface area contributed by atoms with E-state index in [2.05, 4.69) is 58.1 Å². The minimum Gasteiger partial charge on any atom is -0.492 e. The van der Waals surface area contributed by atoms with Crippen molar-refractivity contribution < 1.29 is 4.74 Å². The van der Waals surface area contributed by atoms with Gasteiger partial charge in [-0.1, -0.05) is 53.5 Å². The molecule has 1 unspecified atom stereocenters. The Kier molecular flexibility index (Phi) is 5.32. The Morgan fingerprint density at radius 3 is 2.52 bits per heavy atom. The fraction of sp³-hybridized carbons (Fsp3) is 0.684. The topological polar surface area (TPSA) is 21.3 Å². The molecule has 118 valence electrons. The molecule has 1 N–H and O–H groups in total. The van der Waals surface area contributed by atoms with Crippen LogP contribution >= 0.6 is 0 Å². The van der Waals surface area contributed by atoms with Gasteiger partial charge in [-0.3, -0.25) is 0 Å². The van der Waals surface area contributed by atoms with E-state index in [4.69, 9.17) is 4.74 Å². The molecule has 0 saturated heterocycles. The van der Waals surface area contributed by atoms with Crippen molar-refractivity contribution in [2.75, 3.05) is 13.2 Å². The van der Waals surface area contributed by atoms with Crippen LogP contribution in [-0.4, -0.2) is 13.2 Å². The van der Waals surface area contributed by atoms with Gasteiger partial charge in [0.1, 0.15) is 5.75 Å². The first kappa shape index (κ1) is 16.4. The van der Waals surface area contributed by atoms with Gasteiger partial charge in [0.2, 0.25) is 0 Å². The van der Waals surface area contributed by atoms with Gasteiger partial charge in [-0.25, -0.2) is 0 Å². The number of nitrogens with one attached hydrogen (secondary N) is 1. The Bertz CT molecular complexity index is 463. The maximum Gasteiger partial charge on any atom is 0.123 e. The molecule has 0 aromatic heterocycles. The van der Waals surface area contributed by atoms with E-state index in [1.807, 2.05) is 0 Å². The van der Waals surface area contributed by atoms with Crippen molar-refractivity contribution in [3.05, 3.63) is 29.3 Å². The first-order valence-electron chi connectivity index (χ1n) is 8.54. The smallest absolute Gasteiger partial charge is 0.123 e. The Morgan fingerprint density at radius 2 is 1.90 bits per heavy atom. The quantitative estimate of drug-likeness (QED) is 0.776. The fourth-order valence-corrected chi connectivity index (χ4v) is 3.35. The van der Waals surface area contributed by atoms with Gasteiger partial charge in [0, 0.05) is 17.0 Å². The SMILES string of the molecule is CCCNC(c1ccc2c(c1)C(C)(C)CO2)C(CC)CC. The second kappa shape index (κ2) is 6.83. The van der Waals surface area contributed by atoms with Gasteiger partial charge in [0.25, 0.3) is 0 Å². The van der Waals surface area contributed by atoms with Crippen LogP contribution in [0, 0.1) is 5.92 Å². The highest BCUT2D eigenvalue weighted by Gasteiger charge is 2.33. The van der Waals surface area contributed by atoms with E-state index in [1.165, 1.54) is 30.4 Å². The number of rotatable bonds is 7. The largest absolute Gasteiger partial charge is 0.492 e. The molecular formula is C19H31NO. The molecule has 21 heavy (non-hydrogen) atoms. The molecule has 2 rings (SSSR count). The lowest BCUT2D eigenvalue weighted by molar-refractivity contribution is 0.291. The summed E-state index contributed by atoms with van der Waals surface area (Å²) < 4.78 is 5.82. The summed E-state index contributed by atoms with van der Waals surface area (Å²) in [4.78, 5) is 0. The molecular weight excluding hydrogens is 258 g/mol. The van der Waals surface area contributed by atoms with Gasteiger partial charge in [0.05, 0.1) is 6.61 Å². The standard InChI is InChI=1S/C19H31NO/c1-6-11-20-18(14(7-2)8-3)15-9-10-17-16(12-15)19(4,5)13-21-17/h9-10,12,14,18,20H,6-8,11,13H2,1-5H3. The van der Waals surface area contributed by atoms with Gasteiger partial charge >= 0.3 is 0 Å². The molecule has 0 fully saturated rings. The van der Waals surface area contributed by atoms with Crippen molar-refractivity contribution in [2.45, 2.75) is 65.3 Å². The van der Waals surface area contributed by atoms with Crippen molar-refractivity contribution in [3.8, 4) is 5.75 Å². The number of hydrogen-bond donors (Lipinski definition) is 1. The molecule has 0 aliphatic carbocycles. The average molecular weight is 289 g/mol. The number of ether oxygens (including phenoxy) is 1. The number of fused-ring (bicyclic) bond motifs is 1. The number of benzene rings is 1. The summed E-state index contributed by atoms with van der Waals surface area (Å²) in [6.45, 7) is 13.3. The third kappa shape index (κ3) is 3.42. The zero-order chi connectivity index (χ0) is 15.5. The normalized spacial score (nSPS) is 17.6. The monoisotopic (exact) mass is 289 g/mol. The molecule has 1 aliphatic heterocycles. The van der Waals surface area contributed by atoms with Gasteiger partial charge in [0.15, 0.2) is 0 Å². The van der Waals surface area contributed by atoms with Crippen molar-refractivity contribution >= 4 is 0 Å². The van der Waals surface area contributed by atoms with Crippen LogP contribution in [0.4, 0.5) is 0 Å². The number of hydrogen-bond acceptors (Lipinski definition) is 2. The van der Waals surface area contributed by atoms with Gasteiger partial charge < -0.3 is 10.1 Å². The Hall–Kier alpha value is -1.02. The van der Waals surface area contributed by atoms with Crippen molar-refractivity contribution in [3.63, 3.8) is 0 Å². The minimum atomic E-state index is 0.134. The molecule has 1 atom stereocenters. The predicted octanol–water partition coefficient (Wildman–Crippen LogP) is 4.83. The van der Waals surface area contributed by atoms with Crippen LogP contribution < -0.4 is 10.1 Å². The van der Waals surface area contributed by atoms with E-state index in [1.54, 1.807) is 0 Å². The molecule has 1 aromatic rings. The first-order chi connectivity index (χ1) is 10.0. The average Bonchev–Trinajstić information content (AvgIpc) is 2.79. The lowest BCUT2D eigenvalue weighted by atomic mass is 9.82. The van der Waals surface area contributed by atoms with E-state index >= 15 is 0 Å². The maximum absolute atomic E-state index is 5.82. The highest BCUT2D eigenvalue weighted by atomic mass is 16.5. The summed E-state index contributed by atoms with van der Waals surface area (Å²) in [5.74, 6) is 1.77. The Balaban J connectivity index is 2.32. The summed E-state index contributed by atoms with van der Waals surface area (Å²) in [5.41, 5.74) is 2.93. The third-order valence-electron chi connectivity index (χ3n) is 4.81. The Morgan fingerprint density at radius 1 is 1.19 bits per heavy atom. The van der Waals surface area contributed by atoms with E-state index in [0.29, 0.717) is 12.0 Å². The zero-order valence-electron chi connectivity index (χ0n) is 14.3. The van der Waals surface area contributed by atoms with Gasteiger partial charge in [-0.2, -0.15) is 0 Å².